The quantitative estimate of drug-likeness (QED) is 0.167. The van der Waals surface area contributed by atoms with Gasteiger partial charge < -0.3 is 13.5 Å². The molecule has 0 fully saturated rings. The highest BCUT2D eigenvalue weighted by Gasteiger charge is 2.43. The van der Waals surface area contributed by atoms with Crippen molar-refractivity contribution in [1.82, 2.24) is 9.05 Å². The highest BCUT2D eigenvalue weighted by atomic mass is 16.3. The lowest BCUT2D eigenvalue weighted by molar-refractivity contribution is 0.669. The number of benzene rings is 7. The molecule has 3 aromatic heterocycles. The van der Waals surface area contributed by atoms with Crippen molar-refractivity contribution in [3.05, 3.63) is 138 Å². The van der Waals surface area contributed by atoms with Crippen molar-refractivity contribution in [3.63, 3.8) is 0 Å². The monoisotopic (exact) mass is 624 g/mol. The molecular weight excluding hydrogens is 595 g/mol. The molecule has 0 bridgehead atoms. The van der Waals surface area contributed by atoms with Gasteiger partial charge >= 0.3 is 6.85 Å². The highest BCUT2D eigenvalue weighted by Crippen LogP contribution is 2.48. The molecule has 10 aromatic rings. The van der Waals surface area contributed by atoms with Gasteiger partial charge in [0, 0.05) is 60.7 Å². The number of hydrogen-bond acceptors (Lipinski definition) is 1. The summed E-state index contributed by atoms with van der Waals surface area (Å²) < 4.78 is 11.9. The van der Waals surface area contributed by atoms with Crippen LogP contribution >= 0.6 is 0 Å². The van der Waals surface area contributed by atoms with Gasteiger partial charge in [0.05, 0.1) is 11.0 Å². The lowest BCUT2D eigenvalue weighted by Gasteiger charge is -2.34. The number of furan rings is 1. The Balaban J connectivity index is 1.37. The van der Waals surface area contributed by atoms with Gasteiger partial charge in [0.1, 0.15) is 11.2 Å². The number of aromatic nitrogens is 2. The fourth-order valence-corrected chi connectivity index (χ4v) is 9.94. The molecule has 12 rings (SSSR count). The first-order chi connectivity index (χ1) is 24.1. The maximum atomic E-state index is 6.73. The zero-order valence-electron chi connectivity index (χ0n) is 27.4. The molecule has 0 radical (unpaired) electrons. The molecule has 4 heteroatoms. The Kier molecular flexibility index (Phi) is 4.63. The summed E-state index contributed by atoms with van der Waals surface area (Å²) in [5.74, 6) is 0. The van der Waals surface area contributed by atoms with Crippen LogP contribution in [0.3, 0.4) is 0 Å². The lowest BCUT2D eigenvalue weighted by Crippen LogP contribution is -2.55. The Morgan fingerprint density at radius 2 is 1.24 bits per heavy atom. The van der Waals surface area contributed by atoms with Crippen LogP contribution in [-0.4, -0.2) is 15.9 Å². The third-order valence-corrected chi connectivity index (χ3v) is 11.5. The first-order valence-electron chi connectivity index (χ1n) is 17.2. The molecule has 0 atom stereocenters. The van der Waals surface area contributed by atoms with E-state index in [-0.39, 0.29) is 6.85 Å². The predicted molar refractivity (Wildman–Crippen MR) is 207 cm³/mol. The fourth-order valence-electron chi connectivity index (χ4n) is 9.94. The largest absolute Gasteiger partial charge is 0.456 e. The summed E-state index contributed by atoms with van der Waals surface area (Å²) in [6.07, 6.45) is 0. The van der Waals surface area contributed by atoms with Crippen LogP contribution in [-0.2, 0) is 0 Å². The summed E-state index contributed by atoms with van der Waals surface area (Å²) in [5, 5.41) is 7.55. The number of fused-ring (bicyclic) bond motifs is 14. The third kappa shape index (κ3) is 3.03. The lowest BCUT2D eigenvalue weighted by atomic mass is 9.45. The Morgan fingerprint density at radius 3 is 2.06 bits per heavy atom. The average molecular weight is 625 g/mol. The Labute approximate surface area is 282 Å². The SMILES string of the molecule is Cc1cc(C)c(-c2cc3c4c(c2)c2ccccc2n4-c2cc4oc5ccccc5c4c4c2B3n2c3ccccc3c3cccc-4c32)c(C)c1. The summed E-state index contributed by atoms with van der Waals surface area (Å²) in [5.41, 5.74) is 20.0. The van der Waals surface area contributed by atoms with E-state index in [1.807, 2.05) is 0 Å². The molecule has 0 spiro atoms. The van der Waals surface area contributed by atoms with E-state index in [1.54, 1.807) is 0 Å². The molecule has 49 heavy (non-hydrogen) atoms. The Bertz CT molecular complexity index is 3130. The van der Waals surface area contributed by atoms with Crippen LogP contribution in [0.2, 0.25) is 0 Å². The van der Waals surface area contributed by atoms with Crippen LogP contribution in [0.15, 0.2) is 126 Å². The predicted octanol–water partition coefficient (Wildman–Crippen LogP) is 10.3. The van der Waals surface area contributed by atoms with Gasteiger partial charge in [0.15, 0.2) is 0 Å². The van der Waals surface area contributed by atoms with Crippen LogP contribution in [0.1, 0.15) is 16.7 Å². The van der Waals surface area contributed by atoms with E-state index in [4.69, 9.17) is 4.42 Å². The molecule has 0 unspecified atom stereocenters. The Hall–Kier alpha value is -6.00. The topological polar surface area (TPSA) is 23.0 Å². The molecule has 0 amide bonds. The van der Waals surface area contributed by atoms with E-state index in [2.05, 4.69) is 151 Å². The summed E-state index contributed by atoms with van der Waals surface area (Å²) in [6.45, 7) is 6.71. The summed E-state index contributed by atoms with van der Waals surface area (Å²) in [7, 11) is 0. The van der Waals surface area contributed by atoms with E-state index in [9.17, 15) is 0 Å². The molecule has 0 N–H and O–H groups in total. The van der Waals surface area contributed by atoms with E-state index in [0.29, 0.717) is 0 Å². The van der Waals surface area contributed by atoms with Gasteiger partial charge in [-0.2, -0.15) is 0 Å². The number of hydrogen-bond donors (Lipinski definition) is 0. The minimum absolute atomic E-state index is 0.0225. The number of aryl methyl sites for hydroxylation is 3. The van der Waals surface area contributed by atoms with E-state index >= 15 is 0 Å². The third-order valence-electron chi connectivity index (χ3n) is 11.5. The van der Waals surface area contributed by atoms with Crippen LogP contribution < -0.4 is 10.9 Å². The molecular formula is C45H29BN2O. The first kappa shape index (κ1) is 26.0. The minimum atomic E-state index is -0.0225. The standard InChI is InChI=1S/C45H29BN2O/c1-24-19-25(2)40(26(3)20-24)27-21-33-29-12-4-7-16-35(29)47-37-23-39-41(31-13-6-9-18-38(31)49-39)42-32-15-10-14-30-28-11-5-8-17-36(28)48(44(30)32)46(43(37)42)34(22-27)45(33)47/h4-23H,1-3H3. The zero-order valence-corrected chi connectivity index (χ0v) is 27.4. The summed E-state index contributed by atoms with van der Waals surface area (Å²) in [6, 6.07) is 45.3. The van der Waals surface area contributed by atoms with Gasteiger partial charge in [-0.1, -0.05) is 96.6 Å². The van der Waals surface area contributed by atoms with Crippen molar-refractivity contribution in [1.29, 1.82) is 0 Å². The Morgan fingerprint density at radius 1 is 0.551 bits per heavy atom. The van der Waals surface area contributed by atoms with Crippen molar-refractivity contribution in [2.24, 2.45) is 0 Å². The van der Waals surface area contributed by atoms with E-state index in [1.165, 1.54) is 110 Å². The fraction of sp³-hybridized carbons (Fsp3) is 0.0667. The number of para-hydroxylation sites is 4. The van der Waals surface area contributed by atoms with Gasteiger partial charge in [-0.15, -0.1) is 0 Å². The summed E-state index contributed by atoms with van der Waals surface area (Å²) in [4.78, 5) is 0. The molecule has 2 aliphatic heterocycles. The van der Waals surface area contributed by atoms with Crippen LogP contribution in [0.4, 0.5) is 0 Å². The second kappa shape index (κ2) is 8.72. The molecule has 3 nitrogen and oxygen atoms in total. The second-order valence-electron chi connectivity index (χ2n) is 14.2. The van der Waals surface area contributed by atoms with Gasteiger partial charge in [-0.3, -0.25) is 0 Å². The van der Waals surface area contributed by atoms with Gasteiger partial charge in [-0.05, 0) is 83.8 Å². The normalized spacial score (nSPS) is 13.2. The molecule has 5 heterocycles. The maximum absolute atomic E-state index is 6.73. The van der Waals surface area contributed by atoms with Crippen molar-refractivity contribution in [2.75, 3.05) is 0 Å². The smallest absolute Gasteiger partial charge is 0.333 e. The maximum Gasteiger partial charge on any atom is 0.333 e. The molecule has 0 aliphatic carbocycles. The highest BCUT2D eigenvalue weighted by molar-refractivity contribution is 6.90. The molecule has 0 saturated carbocycles. The van der Waals surface area contributed by atoms with Gasteiger partial charge in [0.2, 0.25) is 0 Å². The van der Waals surface area contributed by atoms with Crippen LogP contribution in [0.5, 0.6) is 0 Å². The van der Waals surface area contributed by atoms with Gasteiger partial charge in [-0.25, -0.2) is 0 Å². The van der Waals surface area contributed by atoms with Crippen LogP contribution in [0, 0.1) is 20.8 Å². The molecule has 0 saturated heterocycles. The van der Waals surface area contributed by atoms with E-state index < -0.39 is 0 Å². The van der Waals surface area contributed by atoms with Crippen molar-refractivity contribution in [3.8, 4) is 27.9 Å². The second-order valence-corrected chi connectivity index (χ2v) is 14.2. The summed E-state index contributed by atoms with van der Waals surface area (Å²) >= 11 is 0. The first-order valence-corrected chi connectivity index (χ1v) is 17.2. The minimum Gasteiger partial charge on any atom is -0.456 e. The van der Waals surface area contributed by atoms with Crippen LogP contribution in [0.25, 0.3) is 93.5 Å². The molecule has 228 valence electrons. The zero-order chi connectivity index (χ0) is 32.3. The van der Waals surface area contributed by atoms with Crippen molar-refractivity contribution in [2.45, 2.75) is 20.8 Å². The van der Waals surface area contributed by atoms with E-state index in [0.717, 1.165) is 11.2 Å². The number of nitrogens with zero attached hydrogens (tertiary/aromatic N) is 2. The number of rotatable bonds is 1. The molecule has 7 aromatic carbocycles. The average Bonchev–Trinajstić information content (AvgIpc) is 3.76. The van der Waals surface area contributed by atoms with Crippen molar-refractivity contribution < 1.29 is 4.42 Å². The van der Waals surface area contributed by atoms with Gasteiger partial charge in [0.25, 0.3) is 0 Å². The molecule has 2 aliphatic rings. The van der Waals surface area contributed by atoms with Crippen molar-refractivity contribution >= 4 is 83.3 Å².